The topological polar surface area (TPSA) is 30.7 Å². The van der Waals surface area contributed by atoms with Gasteiger partial charge < -0.3 is 14.5 Å². The van der Waals surface area contributed by atoms with Gasteiger partial charge in [0.15, 0.2) is 6.71 Å². The van der Waals surface area contributed by atoms with E-state index in [0.717, 1.165) is 50.3 Å². The first-order valence-electron chi connectivity index (χ1n) is 19.5. The van der Waals surface area contributed by atoms with Gasteiger partial charge in [0.05, 0.1) is 0 Å². The predicted octanol–water partition coefficient (Wildman–Crippen LogP) is 7.39. The van der Waals surface area contributed by atoms with Crippen LogP contribution in [0.5, 0.6) is 0 Å². The van der Waals surface area contributed by atoms with Crippen LogP contribution in [0.2, 0.25) is 0 Å². The fraction of sp³-hybridized carbons (Fsp3) is 0.0980. The summed E-state index contributed by atoms with van der Waals surface area (Å²) < 4.78 is 2.37. The number of rotatable bonds is 5. The van der Waals surface area contributed by atoms with Gasteiger partial charge in [-0.15, -0.1) is 46.9 Å². The maximum absolute atomic E-state index is 5.26. The molecule has 0 saturated carbocycles. The van der Waals surface area contributed by atoms with Gasteiger partial charge >= 0.3 is 21.1 Å². The summed E-state index contributed by atoms with van der Waals surface area (Å²) in [5, 5.41) is 2.32. The number of hydrogen-bond acceptors (Lipinski definition) is 2. The molecule has 57 heavy (non-hydrogen) atoms. The second-order valence-electron chi connectivity index (χ2n) is 15.4. The van der Waals surface area contributed by atoms with Gasteiger partial charge in [-0.3, -0.25) is 0 Å². The molecule has 0 fully saturated rings. The van der Waals surface area contributed by atoms with E-state index in [-0.39, 0.29) is 34.5 Å². The van der Waals surface area contributed by atoms with Crippen LogP contribution in [0, 0.1) is 46.8 Å². The first kappa shape index (κ1) is 36.9. The normalized spacial score (nSPS) is 12.1. The molecular weight excluding hydrogens is 871 g/mol. The van der Waals surface area contributed by atoms with E-state index < -0.39 is 0 Å². The summed E-state index contributed by atoms with van der Waals surface area (Å²) in [4.78, 5) is 9.97. The summed E-state index contributed by atoms with van der Waals surface area (Å²) in [7, 11) is 0. The van der Waals surface area contributed by atoms with Crippen molar-refractivity contribution in [3.8, 4) is 28.2 Å². The van der Waals surface area contributed by atoms with Crippen molar-refractivity contribution in [1.29, 1.82) is 0 Å². The zero-order chi connectivity index (χ0) is 38.1. The van der Waals surface area contributed by atoms with Crippen molar-refractivity contribution in [2.45, 2.75) is 34.6 Å². The molecule has 0 N–H and O–H groups in total. The molecule has 0 radical (unpaired) electrons. The minimum Gasteiger partial charge on any atom is -0.346 e. The second kappa shape index (κ2) is 14.6. The van der Waals surface area contributed by atoms with Crippen LogP contribution in [-0.4, -0.2) is 28.0 Å². The molecule has 4 heterocycles. The van der Waals surface area contributed by atoms with Gasteiger partial charge in [0.1, 0.15) is 0 Å². The van der Waals surface area contributed by atoms with E-state index in [1.807, 2.05) is 18.3 Å². The maximum Gasteiger partial charge on any atom is 2.00 e. The summed E-state index contributed by atoms with van der Waals surface area (Å²) in [5.41, 5.74) is 21.0. The molecular formula is C51H39B2N3Pt. The van der Waals surface area contributed by atoms with E-state index in [4.69, 9.17) is 9.97 Å². The van der Waals surface area contributed by atoms with Crippen molar-refractivity contribution in [2.75, 3.05) is 0 Å². The van der Waals surface area contributed by atoms with Gasteiger partial charge in [-0.1, -0.05) is 153 Å². The molecule has 6 heteroatoms. The molecule has 0 bridgehead atoms. The summed E-state index contributed by atoms with van der Waals surface area (Å²) in [6, 6.07) is 58.4. The fourth-order valence-corrected chi connectivity index (χ4v) is 9.51. The molecule has 0 unspecified atom stereocenters. The number of para-hydroxylation sites is 1. The molecule has 0 saturated heterocycles. The van der Waals surface area contributed by atoms with Gasteiger partial charge in [-0.25, -0.2) is 0 Å². The molecule has 0 atom stereocenters. The Kier molecular flexibility index (Phi) is 9.46. The Labute approximate surface area is 350 Å². The average Bonchev–Trinajstić information content (AvgIpc) is 3.55. The van der Waals surface area contributed by atoms with Gasteiger partial charge in [-0.2, -0.15) is 5.46 Å². The van der Waals surface area contributed by atoms with Gasteiger partial charge in [0, 0.05) is 17.4 Å². The number of aromatic nitrogens is 3. The maximum atomic E-state index is 5.26. The van der Waals surface area contributed by atoms with Crippen LogP contribution in [0.15, 0.2) is 146 Å². The number of nitrogens with zero attached hydrogens (tertiary/aromatic N) is 3. The Bertz CT molecular complexity index is 2970. The third kappa shape index (κ3) is 6.03. The van der Waals surface area contributed by atoms with E-state index in [2.05, 4.69) is 179 Å². The molecule has 0 spiro atoms. The van der Waals surface area contributed by atoms with Crippen LogP contribution >= 0.6 is 0 Å². The third-order valence-corrected chi connectivity index (χ3v) is 11.9. The molecule has 1 aliphatic heterocycles. The Balaban J connectivity index is 0.00000422. The molecule has 6 aromatic carbocycles. The molecule has 0 aliphatic carbocycles. The van der Waals surface area contributed by atoms with Gasteiger partial charge in [0.2, 0.25) is 6.71 Å². The fourth-order valence-electron chi connectivity index (χ4n) is 9.51. The van der Waals surface area contributed by atoms with E-state index in [9.17, 15) is 0 Å². The first-order chi connectivity index (χ1) is 27.4. The van der Waals surface area contributed by atoms with Crippen LogP contribution < -0.4 is 32.8 Å². The number of benzene rings is 6. The largest absolute Gasteiger partial charge is 2.00 e. The van der Waals surface area contributed by atoms with Crippen molar-refractivity contribution in [1.82, 2.24) is 14.5 Å². The molecule has 3 nitrogen and oxygen atoms in total. The minimum absolute atomic E-state index is 0. The van der Waals surface area contributed by atoms with Crippen molar-refractivity contribution < 1.29 is 21.1 Å². The van der Waals surface area contributed by atoms with E-state index in [1.54, 1.807) is 0 Å². The van der Waals surface area contributed by atoms with E-state index in [1.165, 1.54) is 60.4 Å². The molecule has 0 amide bonds. The third-order valence-electron chi connectivity index (χ3n) is 11.9. The standard InChI is InChI=1S/C51H39B2N3.Pt/c1-32-15-12-16-33(2)49(32)52-42-21-7-8-22-43(42)53(50-34(3)17-13-18-35(50)4)51-41(46-24-14-19-36(5)55-46)30-38(31-44(51)52)56-47-25-9-6-20-39(47)40-27-26-37(29-48(40)56)45-23-10-11-28-54-45;/h6-28,31H,1-5H3;/q-2;+2. The minimum atomic E-state index is -0.0222. The molecule has 9 aromatic rings. The van der Waals surface area contributed by atoms with E-state index in [0.29, 0.717) is 0 Å². The van der Waals surface area contributed by atoms with Gasteiger partial charge in [-0.05, 0) is 80.8 Å². The number of fused-ring (bicyclic) bond motifs is 5. The summed E-state index contributed by atoms with van der Waals surface area (Å²) in [6.45, 7) is 11.1. The van der Waals surface area contributed by atoms with Crippen molar-refractivity contribution in [3.63, 3.8) is 0 Å². The van der Waals surface area contributed by atoms with Crippen LogP contribution in [-0.2, 0) is 21.1 Å². The van der Waals surface area contributed by atoms with Crippen molar-refractivity contribution in [2.24, 2.45) is 0 Å². The number of aryl methyl sites for hydroxylation is 5. The molecule has 274 valence electrons. The molecule has 1 aliphatic rings. The quantitative estimate of drug-likeness (QED) is 0.133. The second-order valence-corrected chi connectivity index (χ2v) is 15.4. The monoisotopic (exact) mass is 910 g/mol. The average molecular weight is 911 g/mol. The Hall–Kier alpha value is -5.76. The predicted molar refractivity (Wildman–Crippen MR) is 237 cm³/mol. The smallest absolute Gasteiger partial charge is 0.346 e. The number of hydrogen-bond donors (Lipinski definition) is 0. The summed E-state index contributed by atoms with van der Waals surface area (Å²) >= 11 is 0. The first-order valence-corrected chi connectivity index (χ1v) is 19.5. The summed E-state index contributed by atoms with van der Waals surface area (Å²) in [6.07, 6.45) is 1.85. The van der Waals surface area contributed by atoms with Crippen LogP contribution in [0.4, 0.5) is 0 Å². The zero-order valence-electron chi connectivity index (χ0n) is 32.7. The van der Waals surface area contributed by atoms with E-state index >= 15 is 0 Å². The zero-order valence-corrected chi connectivity index (χ0v) is 34.9. The molecule has 3 aromatic heterocycles. The summed E-state index contributed by atoms with van der Waals surface area (Å²) in [5.74, 6) is 0. The SMILES string of the molecule is Cc1cccc(-c2[c-]c(-n3c4[c-]c(-c5ccccn5)ccc4c4ccccc43)cc3c2B(c2c(C)cccc2C)c2ccccc2B3c2c(C)cccc2C)n1.[Pt+2]. The van der Waals surface area contributed by atoms with Crippen LogP contribution in [0.1, 0.15) is 27.9 Å². The number of pyridine rings is 2. The Morgan fingerprint density at radius 2 is 1.12 bits per heavy atom. The van der Waals surface area contributed by atoms with Crippen molar-refractivity contribution >= 4 is 68.0 Å². The van der Waals surface area contributed by atoms with Gasteiger partial charge in [0.25, 0.3) is 0 Å². The van der Waals surface area contributed by atoms with Crippen molar-refractivity contribution in [3.05, 3.63) is 186 Å². The Morgan fingerprint density at radius 1 is 0.509 bits per heavy atom. The van der Waals surface area contributed by atoms with Crippen LogP contribution in [0.3, 0.4) is 0 Å². The molecule has 10 rings (SSSR count). The Morgan fingerprint density at radius 3 is 1.81 bits per heavy atom. The van der Waals surface area contributed by atoms with Crippen LogP contribution in [0.25, 0.3) is 50.0 Å².